The first-order chi connectivity index (χ1) is 16.7. The zero-order chi connectivity index (χ0) is 24.0. The van der Waals surface area contributed by atoms with Crippen molar-refractivity contribution in [2.24, 2.45) is 5.73 Å². The average molecular weight is 469 g/mol. The first kappa shape index (κ1) is 25.5. The molecule has 34 heavy (non-hydrogen) atoms. The van der Waals surface area contributed by atoms with Gasteiger partial charge in [-0.05, 0) is 75.2 Å². The van der Waals surface area contributed by atoms with E-state index in [2.05, 4.69) is 25.4 Å². The number of unbranched alkanes of at least 4 members (excludes halogenated alkanes) is 2. The lowest BCUT2D eigenvalue weighted by molar-refractivity contribution is -0.136. The Labute approximate surface area is 201 Å². The zero-order valence-corrected chi connectivity index (χ0v) is 19.7. The van der Waals surface area contributed by atoms with Crippen LogP contribution in [0.2, 0.25) is 0 Å². The van der Waals surface area contributed by atoms with Crippen LogP contribution in [-0.2, 0) is 9.59 Å². The summed E-state index contributed by atoms with van der Waals surface area (Å²) in [6, 6.07) is 11.1. The fourth-order valence-corrected chi connectivity index (χ4v) is 3.80. The van der Waals surface area contributed by atoms with Crippen LogP contribution in [0.1, 0.15) is 25.7 Å². The van der Waals surface area contributed by atoms with Crippen LogP contribution in [0.15, 0.2) is 48.8 Å². The number of piperazine rings is 1. The van der Waals surface area contributed by atoms with Gasteiger partial charge in [0, 0.05) is 56.5 Å². The van der Waals surface area contributed by atoms with Crippen molar-refractivity contribution >= 4 is 23.2 Å². The molecule has 0 saturated carbocycles. The predicted molar refractivity (Wildman–Crippen MR) is 134 cm³/mol. The highest BCUT2D eigenvalue weighted by Crippen LogP contribution is 2.16. The van der Waals surface area contributed by atoms with E-state index < -0.39 is 11.8 Å². The fourth-order valence-electron chi connectivity index (χ4n) is 3.80. The Balaban J connectivity index is 1.27. The molecule has 0 atom stereocenters. The standard InChI is InChI=1S/C25H36N6O3/c26-11-2-1-3-20-34-23-7-5-21(6-8-23)29-25(33)24(32)28-12-4-15-30-16-18-31(19-17-30)22-9-13-27-14-10-22/h5-10,13-14H,1-4,11-12,15-20,26H2,(H,28,32)(H,29,33). The number of nitrogens with zero attached hydrogens (tertiary/aromatic N) is 3. The Morgan fingerprint density at radius 2 is 1.65 bits per heavy atom. The summed E-state index contributed by atoms with van der Waals surface area (Å²) in [4.78, 5) is 33.1. The Hall–Kier alpha value is -3.17. The lowest BCUT2D eigenvalue weighted by Gasteiger charge is -2.36. The van der Waals surface area contributed by atoms with Crippen molar-refractivity contribution in [1.29, 1.82) is 0 Å². The third-order valence-corrected chi connectivity index (χ3v) is 5.77. The number of carbonyl (C=O) groups excluding carboxylic acids is 2. The maximum atomic E-state index is 12.2. The van der Waals surface area contributed by atoms with Crippen LogP contribution in [-0.4, -0.2) is 74.1 Å². The molecule has 2 heterocycles. The van der Waals surface area contributed by atoms with Gasteiger partial charge in [-0.15, -0.1) is 0 Å². The number of ether oxygens (including phenoxy) is 1. The molecular weight excluding hydrogens is 432 g/mol. The summed E-state index contributed by atoms with van der Waals surface area (Å²) in [5, 5.41) is 5.33. The van der Waals surface area contributed by atoms with E-state index in [0.29, 0.717) is 25.4 Å². The summed E-state index contributed by atoms with van der Waals surface area (Å²) < 4.78 is 5.66. The van der Waals surface area contributed by atoms with Crippen molar-refractivity contribution in [3.63, 3.8) is 0 Å². The second kappa shape index (κ2) is 14.2. The number of pyridine rings is 1. The molecule has 1 aliphatic rings. The van der Waals surface area contributed by atoms with Crippen LogP contribution in [0.4, 0.5) is 11.4 Å². The first-order valence-electron chi connectivity index (χ1n) is 12.0. The summed E-state index contributed by atoms with van der Waals surface area (Å²) >= 11 is 0. The second-order valence-corrected chi connectivity index (χ2v) is 8.32. The van der Waals surface area contributed by atoms with Crippen molar-refractivity contribution in [2.75, 3.05) is 62.6 Å². The van der Waals surface area contributed by atoms with E-state index in [4.69, 9.17) is 10.5 Å². The molecule has 0 unspecified atom stereocenters. The molecule has 0 aliphatic carbocycles. The number of carbonyl (C=O) groups is 2. The van der Waals surface area contributed by atoms with Crippen molar-refractivity contribution in [1.82, 2.24) is 15.2 Å². The fraction of sp³-hybridized carbons (Fsp3) is 0.480. The van der Waals surface area contributed by atoms with Gasteiger partial charge in [0.15, 0.2) is 0 Å². The smallest absolute Gasteiger partial charge is 0.313 e. The lowest BCUT2D eigenvalue weighted by Crippen LogP contribution is -2.47. The van der Waals surface area contributed by atoms with E-state index in [9.17, 15) is 9.59 Å². The molecule has 1 saturated heterocycles. The third-order valence-electron chi connectivity index (χ3n) is 5.77. The minimum Gasteiger partial charge on any atom is -0.494 e. The number of anilines is 2. The van der Waals surface area contributed by atoms with E-state index in [1.54, 1.807) is 24.3 Å². The molecule has 0 spiro atoms. The Kier molecular flexibility index (Phi) is 10.6. The Bertz CT molecular complexity index is 870. The minimum absolute atomic E-state index is 0.466. The predicted octanol–water partition coefficient (Wildman–Crippen LogP) is 1.86. The molecule has 1 aliphatic heterocycles. The number of amides is 2. The van der Waals surface area contributed by atoms with Crippen LogP contribution < -0.4 is 26.0 Å². The van der Waals surface area contributed by atoms with Crippen LogP contribution in [0, 0.1) is 0 Å². The number of rotatable bonds is 12. The molecule has 1 aromatic heterocycles. The molecule has 1 aromatic carbocycles. The van der Waals surface area contributed by atoms with Crippen molar-refractivity contribution in [2.45, 2.75) is 25.7 Å². The van der Waals surface area contributed by atoms with Gasteiger partial charge in [-0.3, -0.25) is 19.5 Å². The van der Waals surface area contributed by atoms with Crippen LogP contribution in [0.25, 0.3) is 0 Å². The van der Waals surface area contributed by atoms with E-state index in [1.165, 1.54) is 5.69 Å². The largest absolute Gasteiger partial charge is 0.494 e. The lowest BCUT2D eigenvalue weighted by atomic mass is 10.2. The molecule has 2 aromatic rings. The number of nitrogens with two attached hydrogens (primary N) is 1. The minimum atomic E-state index is -0.665. The van der Waals surface area contributed by atoms with Gasteiger partial charge in [0.1, 0.15) is 5.75 Å². The van der Waals surface area contributed by atoms with Gasteiger partial charge in [-0.2, -0.15) is 0 Å². The zero-order valence-electron chi connectivity index (χ0n) is 19.7. The van der Waals surface area contributed by atoms with Gasteiger partial charge in [-0.1, -0.05) is 0 Å². The van der Waals surface area contributed by atoms with Crippen LogP contribution in [0.3, 0.4) is 0 Å². The maximum absolute atomic E-state index is 12.2. The monoisotopic (exact) mass is 468 g/mol. The van der Waals surface area contributed by atoms with Crippen LogP contribution in [0.5, 0.6) is 5.75 Å². The normalized spacial score (nSPS) is 14.0. The van der Waals surface area contributed by atoms with Crippen molar-refractivity contribution < 1.29 is 14.3 Å². The van der Waals surface area contributed by atoms with Gasteiger partial charge in [0.25, 0.3) is 0 Å². The first-order valence-corrected chi connectivity index (χ1v) is 12.0. The van der Waals surface area contributed by atoms with Crippen LogP contribution >= 0.6 is 0 Å². The summed E-state index contributed by atoms with van der Waals surface area (Å²) in [6.07, 6.45) is 7.43. The number of hydrogen-bond acceptors (Lipinski definition) is 7. The number of aromatic nitrogens is 1. The van der Waals surface area contributed by atoms with E-state index in [-0.39, 0.29) is 0 Å². The topological polar surface area (TPSA) is 113 Å². The molecule has 1 fully saturated rings. The summed E-state index contributed by atoms with van der Waals surface area (Å²) in [5.74, 6) is -0.555. The van der Waals surface area contributed by atoms with Gasteiger partial charge < -0.3 is 26.0 Å². The van der Waals surface area contributed by atoms with Gasteiger partial charge in [0.05, 0.1) is 6.61 Å². The van der Waals surface area contributed by atoms with E-state index in [0.717, 1.165) is 64.2 Å². The molecule has 4 N–H and O–H groups in total. The SMILES string of the molecule is NCCCCCOc1ccc(NC(=O)C(=O)NCCCN2CCN(c3ccncc3)CC2)cc1. The van der Waals surface area contributed by atoms with Crippen molar-refractivity contribution in [3.05, 3.63) is 48.8 Å². The number of benzene rings is 1. The molecular formula is C25H36N6O3. The molecule has 2 amide bonds. The van der Waals surface area contributed by atoms with Gasteiger partial charge in [-0.25, -0.2) is 0 Å². The average Bonchev–Trinajstić information content (AvgIpc) is 2.88. The summed E-state index contributed by atoms with van der Waals surface area (Å²) in [5.41, 5.74) is 7.24. The molecule has 3 rings (SSSR count). The quantitative estimate of drug-likeness (QED) is 0.322. The summed E-state index contributed by atoms with van der Waals surface area (Å²) in [7, 11) is 0. The molecule has 184 valence electrons. The highest BCUT2D eigenvalue weighted by molar-refractivity contribution is 6.39. The van der Waals surface area contributed by atoms with E-state index in [1.807, 2.05) is 24.5 Å². The Morgan fingerprint density at radius 3 is 2.35 bits per heavy atom. The van der Waals surface area contributed by atoms with Gasteiger partial charge >= 0.3 is 11.8 Å². The molecule has 9 heteroatoms. The number of nitrogens with one attached hydrogen (secondary N) is 2. The highest BCUT2D eigenvalue weighted by atomic mass is 16.5. The second-order valence-electron chi connectivity index (χ2n) is 8.32. The third kappa shape index (κ3) is 8.64. The van der Waals surface area contributed by atoms with Gasteiger partial charge in [0.2, 0.25) is 0 Å². The molecule has 9 nitrogen and oxygen atoms in total. The molecule has 0 bridgehead atoms. The van der Waals surface area contributed by atoms with Crippen molar-refractivity contribution in [3.8, 4) is 5.75 Å². The molecule has 0 radical (unpaired) electrons. The summed E-state index contributed by atoms with van der Waals surface area (Å²) in [6.45, 7) is 6.58. The maximum Gasteiger partial charge on any atom is 0.313 e. The van der Waals surface area contributed by atoms with E-state index >= 15 is 0 Å². The highest BCUT2D eigenvalue weighted by Gasteiger charge is 2.17. The number of hydrogen-bond donors (Lipinski definition) is 3. The Morgan fingerprint density at radius 1 is 0.912 bits per heavy atom.